The summed E-state index contributed by atoms with van der Waals surface area (Å²) in [5.41, 5.74) is 5.05. The molecule has 0 spiro atoms. The van der Waals surface area contributed by atoms with Crippen LogP contribution in [0.3, 0.4) is 0 Å². The maximum atomic E-state index is 11.0. The SMILES string of the molecule is NCC(=O)NCC(=O)NCC1CC1. The van der Waals surface area contributed by atoms with Gasteiger partial charge in [-0.3, -0.25) is 9.59 Å². The lowest BCUT2D eigenvalue weighted by Crippen LogP contribution is -2.40. The fourth-order valence-corrected chi connectivity index (χ4v) is 0.894. The Bertz CT molecular complexity index is 202. The number of nitrogens with two attached hydrogens (primary N) is 1. The minimum absolute atomic E-state index is 0.0305. The van der Waals surface area contributed by atoms with E-state index in [4.69, 9.17) is 5.73 Å². The number of rotatable bonds is 5. The third kappa shape index (κ3) is 4.47. The Morgan fingerprint density at radius 3 is 2.46 bits per heavy atom. The van der Waals surface area contributed by atoms with E-state index in [1.807, 2.05) is 0 Å². The van der Waals surface area contributed by atoms with E-state index in [1.54, 1.807) is 0 Å². The molecular weight excluding hydrogens is 170 g/mol. The number of hydrogen-bond donors (Lipinski definition) is 3. The minimum Gasteiger partial charge on any atom is -0.354 e. The molecular formula is C8H15N3O2. The van der Waals surface area contributed by atoms with Crippen LogP contribution in [-0.4, -0.2) is 31.4 Å². The van der Waals surface area contributed by atoms with Crippen LogP contribution in [0.1, 0.15) is 12.8 Å². The molecule has 1 aliphatic carbocycles. The lowest BCUT2D eigenvalue weighted by molar-refractivity contribution is -0.125. The highest BCUT2D eigenvalue weighted by atomic mass is 16.2. The molecule has 5 nitrogen and oxygen atoms in total. The second kappa shape index (κ2) is 4.81. The molecule has 0 bridgehead atoms. The normalized spacial score (nSPS) is 15.2. The van der Waals surface area contributed by atoms with E-state index < -0.39 is 0 Å². The van der Waals surface area contributed by atoms with Gasteiger partial charge >= 0.3 is 0 Å². The van der Waals surface area contributed by atoms with Crippen molar-refractivity contribution in [1.82, 2.24) is 10.6 Å². The van der Waals surface area contributed by atoms with Crippen LogP contribution in [0.25, 0.3) is 0 Å². The van der Waals surface area contributed by atoms with Gasteiger partial charge in [-0.15, -0.1) is 0 Å². The summed E-state index contributed by atoms with van der Waals surface area (Å²) in [5, 5.41) is 5.13. The zero-order valence-corrected chi connectivity index (χ0v) is 7.51. The van der Waals surface area contributed by atoms with E-state index >= 15 is 0 Å². The van der Waals surface area contributed by atoms with Crippen molar-refractivity contribution in [2.75, 3.05) is 19.6 Å². The molecule has 0 aromatic carbocycles. The van der Waals surface area contributed by atoms with Gasteiger partial charge in [0.05, 0.1) is 13.1 Å². The molecule has 2 amide bonds. The quantitative estimate of drug-likeness (QED) is 0.492. The van der Waals surface area contributed by atoms with Crippen LogP contribution in [0.4, 0.5) is 0 Å². The molecule has 0 heterocycles. The highest BCUT2D eigenvalue weighted by Gasteiger charge is 2.21. The summed E-state index contributed by atoms with van der Waals surface area (Å²) in [6.45, 7) is 0.690. The van der Waals surface area contributed by atoms with Crippen LogP contribution in [0.15, 0.2) is 0 Å². The van der Waals surface area contributed by atoms with Crippen LogP contribution in [-0.2, 0) is 9.59 Å². The number of carbonyl (C=O) groups is 2. The largest absolute Gasteiger partial charge is 0.354 e. The molecule has 13 heavy (non-hydrogen) atoms. The van der Waals surface area contributed by atoms with Gasteiger partial charge < -0.3 is 16.4 Å². The second-order valence-corrected chi connectivity index (χ2v) is 3.23. The van der Waals surface area contributed by atoms with Gasteiger partial charge in [0, 0.05) is 6.54 Å². The zero-order valence-electron chi connectivity index (χ0n) is 7.51. The molecule has 0 aromatic heterocycles. The Balaban J connectivity index is 1.99. The van der Waals surface area contributed by atoms with Crippen molar-refractivity contribution in [1.29, 1.82) is 0 Å². The van der Waals surface area contributed by atoms with Crippen LogP contribution in [0.2, 0.25) is 0 Å². The number of carbonyl (C=O) groups excluding carboxylic acids is 2. The van der Waals surface area contributed by atoms with Gasteiger partial charge in [-0.2, -0.15) is 0 Å². The zero-order chi connectivity index (χ0) is 9.68. The number of amides is 2. The van der Waals surface area contributed by atoms with Crippen molar-refractivity contribution in [3.05, 3.63) is 0 Å². The molecule has 0 saturated heterocycles. The van der Waals surface area contributed by atoms with Gasteiger partial charge in [0.1, 0.15) is 0 Å². The van der Waals surface area contributed by atoms with Crippen molar-refractivity contribution >= 4 is 11.8 Å². The number of hydrogen-bond acceptors (Lipinski definition) is 3. The monoisotopic (exact) mass is 185 g/mol. The van der Waals surface area contributed by atoms with Gasteiger partial charge in [0.2, 0.25) is 11.8 Å². The van der Waals surface area contributed by atoms with Crippen molar-refractivity contribution in [2.24, 2.45) is 11.7 Å². The van der Waals surface area contributed by atoms with E-state index in [-0.39, 0.29) is 24.9 Å². The minimum atomic E-state index is -0.304. The summed E-state index contributed by atoms with van der Waals surface area (Å²) in [7, 11) is 0. The summed E-state index contributed by atoms with van der Waals surface area (Å²) in [5.74, 6) is 0.212. The molecule has 0 aromatic rings. The van der Waals surface area contributed by atoms with Gasteiger partial charge in [-0.25, -0.2) is 0 Å². The maximum absolute atomic E-state index is 11.0. The van der Waals surface area contributed by atoms with E-state index in [0.29, 0.717) is 5.92 Å². The fraction of sp³-hybridized carbons (Fsp3) is 0.750. The van der Waals surface area contributed by atoms with Crippen LogP contribution < -0.4 is 16.4 Å². The Hall–Kier alpha value is -1.10. The molecule has 5 heteroatoms. The van der Waals surface area contributed by atoms with Crippen LogP contribution in [0.5, 0.6) is 0 Å². The predicted octanol–water partition coefficient (Wildman–Crippen LogP) is -1.41. The molecule has 1 rings (SSSR count). The average molecular weight is 185 g/mol. The summed E-state index contributed by atoms with van der Waals surface area (Å²) in [6.07, 6.45) is 2.41. The molecule has 1 saturated carbocycles. The Labute approximate surface area is 77.1 Å². The molecule has 0 aliphatic heterocycles. The van der Waals surface area contributed by atoms with Crippen molar-refractivity contribution < 1.29 is 9.59 Å². The Kier molecular flexibility index (Phi) is 3.70. The molecule has 4 N–H and O–H groups in total. The van der Waals surface area contributed by atoms with Gasteiger partial charge in [-0.05, 0) is 18.8 Å². The highest BCUT2D eigenvalue weighted by molar-refractivity contribution is 5.85. The topological polar surface area (TPSA) is 84.2 Å². The molecule has 74 valence electrons. The van der Waals surface area contributed by atoms with E-state index in [0.717, 1.165) is 6.54 Å². The third-order valence-corrected chi connectivity index (χ3v) is 1.92. The van der Waals surface area contributed by atoms with Crippen LogP contribution in [0, 0.1) is 5.92 Å². The lowest BCUT2D eigenvalue weighted by atomic mass is 10.4. The summed E-state index contributed by atoms with van der Waals surface area (Å²) < 4.78 is 0. The standard InChI is InChI=1S/C8H15N3O2/c9-3-7(12)11-5-8(13)10-4-6-1-2-6/h6H,1-5,9H2,(H,10,13)(H,11,12). The smallest absolute Gasteiger partial charge is 0.239 e. The van der Waals surface area contributed by atoms with Gasteiger partial charge in [-0.1, -0.05) is 0 Å². The maximum Gasteiger partial charge on any atom is 0.239 e. The first-order valence-corrected chi connectivity index (χ1v) is 4.46. The first-order chi connectivity index (χ1) is 6.22. The van der Waals surface area contributed by atoms with Crippen LogP contribution >= 0.6 is 0 Å². The Morgan fingerprint density at radius 2 is 1.92 bits per heavy atom. The second-order valence-electron chi connectivity index (χ2n) is 3.23. The average Bonchev–Trinajstić information content (AvgIpc) is 2.94. The first kappa shape index (κ1) is 9.98. The van der Waals surface area contributed by atoms with Crippen molar-refractivity contribution in [3.63, 3.8) is 0 Å². The molecule has 0 radical (unpaired) electrons. The lowest BCUT2D eigenvalue weighted by Gasteiger charge is -2.04. The third-order valence-electron chi connectivity index (χ3n) is 1.92. The van der Waals surface area contributed by atoms with E-state index in [2.05, 4.69) is 10.6 Å². The molecule has 0 unspecified atom stereocenters. The summed E-state index contributed by atoms with van der Waals surface area (Å²) in [6, 6.07) is 0. The van der Waals surface area contributed by atoms with Gasteiger partial charge in [0.25, 0.3) is 0 Å². The molecule has 0 atom stereocenters. The predicted molar refractivity (Wildman–Crippen MR) is 47.8 cm³/mol. The van der Waals surface area contributed by atoms with Crippen molar-refractivity contribution in [3.8, 4) is 0 Å². The molecule has 1 aliphatic rings. The summed E-state index contributed by atoms with van der Waals surface area (Å²) in [4.78, 5) is 21.7. The van der Waals surface area contributed by atoms with Gasteiger partial charge in [0.15, 0.2) is 0 Å². The molecule has 1 fully saturated rings. The van der Waals surface area contributed by atoms with Crippen molar-refractivity contribution in [2.45, 2.75) is 12.8 Å². The highest BCUT2D eigenvalue weighted by Crippen LogP contribution is 2.27. The number of nitrogens with one attached hydrogen (secondary N) is 2. The fourth-order valence-electron chi connectivity index (χ4n) is 0.894. The summed E-state index contributed by atoms with van der Waals surface area (Å²) >= 11 is 0. The van der Waals surface area contributed by atoms with E-state index in [1.165, 1.54) is 12.8 Å². The Morgan fingerprint density at radius 1 is 1.23 bits per heavy atom. The first-order valence-electron chi connectivity index (χ1n) is 4.46. The van der Waals surface area contributed by atoms with E-state index in [9.17, 15) is 9.59 Å².